The summed E-state index contributed by atoms with van der Waals surface area (Å²) in [5.74, 6) is -0.0988. The van der Waals surface area contributed by atoms with Crippen molar-refractivity contribution in [1.82, 2.24) is 0 Å². The van der Waals surface area contributed by atoms with Crippen LogP contribution in [-0.2, 0) is 19.0 Å². The van der Waals surface area contributed by atoms with Crippen molar-refractivity contribution in [3.8, 4) is 0 Å². The summed E-state index contributed by atoms with van der Waals surface area (Å²) in [6, 6.07) is 0. The second kappa shape index (κ2) is 11.5. The molecule has 6 atom stereocenters. The van der Waals surface area contributed by atoms with Crippen molar-refractivity contribution < 1.29 is 24.1 Å². The molecule has 0 spiro atoms. The summed E-state index contributed by atoms with van der Waals surface area (Å²) in [6.45, 7) is 2.25. The third-order valence-corrected chi connectivity index (χ3v) is 6.70. The Balaban J connectivity index is 1.27. The lowest BCUT2D eigenvalue weighted by Gasteiger charge is -2.24. The van der Waals surface area contributed by atoms with Crippen molar-refractivity contribution in [2.24, 2.45) is 0 Å². The Morgan fingerprint density at radius 1 is 0.821 bits per heavy atom. The van der Waals surface area contributed by atoms with Gasteiger partial charge in [-0.3, -0.25) is 4.79 Å². The first-order valence-corrected chi connectivity index (χ1v) is 11.9. The van der Waals surface area contributed by atoms with E-state index in [2.05, 4.69) is 6.92 Å². The van der Waals surface area contributed by atoms with E-state index in [0.717, 1.165) is 44.9 Å². The summed E-state index contributed by atoms with van der Waals surface area (Å²) in [6.07, 6.45) is 16.0. The van der Waals surface area contributed by atoms with Gasteiger partial charge in [-0.1, -0.05) is 58.3 Å². The standard InChI is InChI=1S/C23H40O5/c1-2-3-4-5-6-7-8-9-10-17(24)18-11-12-19(26-18)20-13-14-21(27-20)22-15-16-23(25)28-22/h17-22,24H,2-16H2,1H3/t17-,18+,19+,20-,21-,22-/m1/s1. The number of cyclic esters (lactones) is 1. The molecule has 0 aromatic carbocycles. The first-order valence-electron chi connectivity index (χ1n) is 11.9. The Bertz CT molecular complexity index is 468. The first-order chi connectivity index (χ1) is 13.7. The minimum absolute atomic E-state index is 0.0290. The van der Waals surface area contributed by atoms with Crippen LogP contribution in [0.3, 0.4) is 0 Å². The van der Waals surface area contributed by atoms with Crippen molar-refractivity contribution in [3.63, 3.8) is 0 Å². The molecule has 0 aromatic heterocycles. The number of ether oxygens (including phenoxy) is 3. The van der Waals surface area contributed by atoms with Gasteiger partial charge in [0, 0.05) is 6.42 Å². The van der Waals surface area contributed by atoms with Gasteiger partial charge in [0.05, 0.1) is 30.5 Å². The number of aliphatic hydroxyl groups excluding tert-OH is 1. The van der Waals surface area contributed by atoms with E-state index in [-0.39, 0.29) is 42.6 Å². The normalized spacial score (nSPS) is 34.1. The number of hydrogen-bond acceptors (Lipinski definition) is 5. The van der Waals surface area contributed by atoms with Crippen molar-refractivity contribution in [2.45, 2.75) is 140 Å². The minimum atomic E-state index is -0.349. The van der Waals surface area contributed by atoms with Gasteiger partial charge in [0.2, 0.25) is 0 Å². The predicted molar refractivity (Wildman–Crippen MR) is 108 cm³/mol. The molecule has 3 fully saturated rings. The molecule has 3 saturated heterocycles. The quantitative estimate of drug-likeness (QED) is 0.383. The van der Waals surface area contributed by atoms with Gasteiger partial charge in [0.15, 0.2) is 0 Å². The highest BCUT2D eigenvalue weighted by atomic mass is 16.6. The van der Waals surface area contributed by atoms with E-state index in [4.69, 9.17) is 14.2 Å². The fraction of sp³-hybridized carbons (Fsp3) is 0.957. The lowest BCUT2D eigenvalue weighted by molar-refractivity contribution is -0.149. The van der Waals surface area contributed by atoms with Crippen LogP contribution in [0.25, 0.3) is 0 Å². The van der Waals surface area contributed by atoms with E-state index in [1.807, 2.05) is 0 Å². The van der Waals surface area contributed by atoms with Gasteiger partial charge in [-0.15, -0.1) is 0 Å². The van der Waals surface area contributed by atoms with E-state index in [1.165, 1.54) is 44.9 Å². The molecule has 3 aliphatic heterocycles. The molecule has 3 aliphatic rings. The lowest BCUT2D eigenvalue weighted by Crippen LogP contribution is -2.33. The minimum Gasteiger partial charge on any atom is -0.460 e. The molecule has 5 nitrogen and oxygen atoms in total. The molecule has 3 heterocycles. The molecule has 5 heteroatoms. The van der Waals surface area contributed by atoms with Crippen molar-refractivity contribution >= 4 is 5.97 Å². The molecule has 162 valence electrons. The summed E-state index contributed by atoms with van der Waals surface area (Å²) < 4.78 is 17.7. The van der Waals surface area contributed by atoms with Crippen LogP contribution in [-0.4, -0.2) is 47.7 Å². The predicted octanol–water partition coefficient (Wildman–Crippen LogP) is 4.68. The third-order valence-electron chi connectivity index (χ3n) is 6.70. The van der Waals surface area contributed by atoms with Crippen molar-refractivity contribution in [3.05, 3.63) is 0 Å². The molecule has 3 rings (SSSR count). The van der Waals surface area contributed by atoms with Gasteiger partial charge in [0.1, 0.15) is 6.10 Å². The number of esters is 1. The van der Waals surface area contributed by atoms with Crippen LogP contribution in [0, 0.1) is 0 Å². The van der Waals surface area contributed by atoms with E-state index >= 15 is 0 Å². The van der Waals surface area contributed by atoms with Gasteiger partial charge in [-0.25, -0.2) is 0 Å². The maximum Gasteiger partial charge on any atom is 0.306 e. The Hall–Kier alpha value is -0.650. The summed E-state index contributed by atoms with van der Waals surface area (Å²) >= 11 is 0. The molecule has 0 bridgehead atoms. The zero-order valence-corrected chi connectivity index (χ0v) is 17.7. The summed E-state index contributed by atoms with van der Waals surface area (Å²) in [5, 5.41) is 10.5. The zero-order valence-electron chi connectivity index (χ0n) is 17.7. The van der Waals surface area contributed by atoms with Gasteiger partial charge in [-0.2, -0.15) is 0 Å². The molecule has 0 amide bonds. The largest absolute Gasteiger partial charge is 0.460 e. The maximum absolute atomic E-state index is 11.3. The summed E-state index contributed by atoms with van der Waals surface area (Å²) in [7, 11) is 0. The van der Waals surface area contributed by atoms with Crippen LogP contribution >= 0.6 is 0 Å². The molecule has 28 heavy (non-hydrogen) atoms. The van der Waals surface area contributed by atoms with Crippen molar-refractivity contribution in [2.75, 3.05) is 0 Å². The van der Waals surface area contributed by atoms with E-state index in [9.17, 15) is 9.90 Å². The lowest BCUT2D eigenvalue weighted by atomic mass is 10.0. The Morgan fingerprint density at radius 3 is 2.11 bits per heavy atom. The average molecular weight is 397 g/mol. The number of unbranched alkanes of at least 4 members (excludes halogenated alkanes) is 7. The first kappa shape index (κ1) is 22.0. The van der Waals surface area contributed by atoms with Gasteiger partial charge in [-0.05, 0) is 38.5 Å². The number of rotatable bonds is 12. The van der Waals surface area contributed by atoms with Crippen LogP contribution in [0.15, 0.2) is 0 Å². The Labute approximate surface area is 170 Å². The van der Waals surface area contributed by atoms with Crippen LogP contribution in [0.2, 0.25) is 0 Å². The van der Waals surface area contributed by atoms with Crippen molar-refractivity contribution in [1.29, 1.82) is 0 Å². The SMILES string of the molecule is CCCCCCCCCC[C@@H](O)[C@@H]1CC[C@@H]([C@H]2CC[C@H]([C@H]3CCC(=O)O3)O2)O1. The molecule has 1 N–H and O–H groups in total. The molecule has 0 saturated carbocycles. The number of aliphatic hydroxyl groups is 1. The molecule has 0 aromatic rings. The Kier molecular flexibility index (Phi) is 9.06. The summed E-state index contributed by atoms with van der Waals surface area (Å²) in [5.41, 5.74) is 0. The zero-order chi connectivity index (χ0) is 19.8. The fourth-order valence-electron chi connectivity index (χ4n) is 4.96. The second-order valence-electron chi connectivity index (χ2n) is 8.98. The third kappa shape index (κ3) is 6.43. The van der Waals surface area contributed by atoms with Crippen LogP contribution in [0.5, 0.6) is 0 Å². The highest BCUT2D eigenvalue weighted by Crippen LogP contribution is 2.36. The average Bonchev–Trinajstić information content (AvgIpc) is 3.43. The van der Waals surface area contributed by atoms with Crippen LogP contribution in [0.1, 0.15) is 103 Å². The van der Waals surface area contributed by atoms with E-state index in [1.54, 1.807) is 0 Å². The number of carbonyl (C=O) groups is 1. The topological polar surface area (TPSA) is 65.0 Å². The van der Waals surface area contributed by atoms with Gasteiger partial charge < -0.3 is 19.3 Å². The fourth-order valence-corrected chi connectivity index (χ4v) is 4.96. The Morgan fingerprint density at radius 2 is 1.43 bits per heavy atom. The van der Waals surface area contributed by atoms with Crippen LogP contribution < -0.4 is 0 Å². The van der Waals surface area contributed by atoms with Gasteiger partial charge in [0.25, 0.3) is 0 Å². The molecule has 0 unspecified atom stereocenters. The summed E-state index contributed by atoms with van der Waals surface area (Å²) in [4.78, 5) is 11.3. The smallest absolute Gasteiger partial charge is 0.306 e. The highest BCUT2D eigenvalue weighted by Gasteiger charge is 2.43. The second-order valence-corrected chi connectivity index (χ2v) is 8.98. The maximum atomic E-state index is 11.3. The number of carbonyl (C=O) groups excluding carboxylic acids is 1. The van der Waals surface area contributed by atoms with E-state index in [0.29, 0.717) is 6.42 Å². The molecular weight excluding hydrogens is 356 g/mol. The van der Waals surface area contributed by atoms with E-state index < -0.39 is 0 Å². The van der Waals surface area contributed by atoms with Gasteiger partial charge >= 0.3 is 5.97 Å². The monoisotopic (exact) mass is 396 g/mol. The number of hydrogen-bond donors (Lipinski definition) is 1. The molecule has 0 radical (unpaired) electrons. The highest BCUT2D eigenvalue weighted by molar-refractivity contribution is 5.71. The molecular formula is C23H40O5. The molecule has 0 aliphatic carbocycles. The van der Waals surface area contributed by atoms with Crippen LogP contribution in [0.4, 0.5) is 0 Å².